The van der Waals surface area contributed by atoms with Gasteiger partial charge in [-0.15, -0.1) is 0 Å². The molecule has 1 aromatic rings. The van der Waals surface area contributed by atoms with Gasteiger partial charge in [0.05, 0.1) is 0 Å². The Labute approximate surface area is 101 Å². The van der Waals surface area contributed by atoms with E-state index in [1.165, 1.54) is 0 Å². The molecule has 0 aliphatic heterocycles. The van der Waals surface area contributed by atoms with Crippen LogP contribution < -0.4 is 11.1 Å². The normalized spacial score (nSPS) is 12.8. The largest absolute Gasteiger partial charge is 0.330 e. The lowest BCUT2D eigenvalue weighted by Gasteiger charge is -2.15. The Balaban J connectivity index is 2.61. The first-order valence-corrected chi connectivity index (χ1v) is 5.79. The highest BCUT2D eigenvalue weighted by atomic mass is 35.5. The molecule has 0 saturated heterocycles. The van der Waals surface area contributed by atoms with Crippen molar-refractivity contribution in [2.45, 2.75) is 19.4 Å². The van der Waals surface area contributed by atoms with E-state index in [0.29, 0.717) is 16.6 Å². The lowest BCUT2D eigenvalue weighted by molar-refractivity contribution is 0.562. The Morgan fingerprint density at radius 2 is 2.13 bits per heavy atom. The van der Waals surface area contributed by atoms with E-state index in [4.69, 9.17) is 28.9 Å². The van der Waals surface area contributed by atoms with Gasteiger partial charge in [0.15, 0.2) is 0 Å². The van der Waals surface area contributed by atoms with Gasteiger partial charge in [0.25, 0.3) is 0 Å². The second kappa shape index (κ2) is 6.33. The highest BCUT2D eigenvalue weighted by molar-refractivity contribution is 6.35. The zero-order valence-corrected chi connectivity index (χ0v) is 10.3. The summed E-state index contributed by atoms with van der Waals surface area (Å²) in [6, 6.07) is 5.79. The van der Waals surface area contributed by atoms with E-state index in [1.807, 2.05) is 12.1 Å². The monoisotopic (exact) mass is 246 g/mol. The van der Waals surface area contributed by atoms with E-state index in [2.05, 4.69) is 12.2 Å². The number of benzene rings is 1. The molecule has 2 nitrogen and oxygen atoms in total. The maximum atomic E-state index is 6.09. The molecular weight excluding hydrogens is 231 g/mol. The Morgan fingerprint density at radius 3 is 2.73 bits per heavy atom. The molecular formula is C11H16Cl2N2. The quantitative estimate of drug-likeness (QED) is 0.785. The molecule has 0 saturated carbocycles. The van der Waals surface area contributed by atoms with E-state index < -0.39 is 0 Å². The molecule has 0 fully saturated rings. The van der Waals surface area contributed by atoms with Crippen LogP contribution in [-0.2, 0) is 0 Å². The molecule has 3 N–H and O–H groups in total. The van der Waals surface area contributed by atoms with Crippen molar-refractivity contribution in [3.8, 4) is 0 Å². The summed E-state index contributed by atoms with van der Waals surface area (Å²) in [4.78, 5) is 0. The molecule has 1 rings (SSSR count). The van der Waals surface area contributed by atoms with Gasteiger partial charge in [-0.05, 0) is 44.1 Å². The fraction of sp³-hybridized carbons (Fsp3) is 0.455. The van der Waals surface area contributed by atoms with Gasteiger partial charge >= 0.3 is 0 Å². The van der Waals surface area contributed by atoms with Crippen LogP contribution in [0.1, 0.15) is 24.9 Å². The summed E-state index contributed by atoms with van der Waals surface area (Å²) in [5.41, 5.74) is 6.49. The van der Waals surface area contributed by atoms with Gasteiger partial charge in [-0.1, -0.05) is 29.3 Å². The average Bonchev–Trinajstić information content (AvgIpc) is 2.17. The maximum Gasteiger partial charge on any atom is 0.0468 e. The van der Waals surface area contributed by atoms with Gasteiger partial charge in [-0.2, -0.15) is 0 Å². The van der Waals surface area contributed by atoms with E-state index in [9.17, 15) is 0 Å². The van der Waals surface area contributed by atoms with Crippen LogP contribution in [0.4, 0.5) is 0 Å². The van der Waals surface area contributed by atoms with Crippen molar-refractivity contribution >= 4 is 23.2 Å². The second-order valence-electron chi connectivity index (χ2n) is 3.48. The van der Waals surface area contributed by atoms with Crippen molar-refractivity contribution in [2.24, 2.45) is 5.73 Å². The van der Waals surface area contributed by atoms with Gasteiger partial charge in [-0.3, -0.25) is 0 Å². The van der Waals surface area contributed by atoms with Gasteiger partial charge in [0, 0.05) is 16.1 Å². The highest BCUT2D eigenvalue weighted by Crippen LogP contribution is 2.25. The Morgan fingerprint density at radius 1 is 1.40 bits per heavy atom. The fourth-order valence-electron chi connectivity index (χ4n) is 1.38. The minimum absolute atomic E-state index is 0.223. The summed E-state index contributed by atoms with van der Waals surface area (Å²) in [6.45, 7) is 3.68. The van der Waals surface area contributed by atoms with Crippen molar-refractivity contribution in [3.05, 3.63) is 33.8 Å². The topological polar surface area (TPSA) is 38.0 Å². The van der Waals surface area contributed by atoms with Crippen molar-refractivity contribution < 1.29 is 0 Å². The summed E-state index contributed by atoms with van der Waals surface area (Å²) in [6.07, 6.45) is 0.968. The van der Waals surface area contributed by atoms with E-state index >= 15 is 0 Å². The van der Waals surface area contributed by atoms with Crippen LogP contribution in [0.2, 0.25) is 10.0 Å². The standard InChI is InChI=1S/C11H16Cl2N2/c1-8(15-6-2-5-14)10-4-3-9(12)7-11(10)13/h3-4,7-8,15H,2,5-6,14H2,1H3. The van der Waals surface area contributed by atoms with Crippen LogP contribution in [-0.4, -0.2) is 13.1 Å². The zero-order valence-electron chi connectivity index (χ0n) is 8.76. The van der Waals surface area contributed by atoms with Crippen LogP contribution >= 0.6 is 23.2 Å². The number of nitrogens with two attached hydrogens (primary N) is 1. The predicted molar refractivity (Wildman–Crippen MR) is 66.6 cm³/mol. The number of nitrogens with one attached hydrogen (secondary N) is 1. The SMILES string of the molecule is CC(NCCCN)c1ccc(Cl)cc1Cl. The molecule has 0 heterocycles. The van der Waals surface area contributed by atoms with Crippen molar-refractivity contribution in [3.63, 3.8) is 0 Å². The van der Waals surface area contributed by atoms with Gasteiger partial charge < -0.3 is 11.1 Å². The Bertz CT molecular complexity index is 315. The zero-order chi connectivity index (χ0) is 11.3. The molecule has 84 valence electrons. The van der Waals surface area contributed by atoms with E-state index in [0.717, 1.165) is 18.5 Å². The molecule has 1 unspecified atom stereocenters. The number of rotatable bonds is 5. The summed E-state index contributed by atoms with van der Waals surface area (Å²) in [7, 11) is 0. The molecule has 0 aliphatic rings. The summed E-state index contributed by atoms with van der Waals surface area (Å²) >= 11 is 11.9. The lowest BCUT2D eigenvalue weighted by Crippen LogP contribution is -2.22. The Kier molecular flexibility index (Phi) is 5.40. The molecule has 1 aromatic carbocycles. The van der Waals surface area contributed by atoms with Crippen LogP contribution in [0.25, 0.3) is 0 Å². The number of hydrogen-bond acceptors (Lipinski definition) is 2. The molecule has 0 amide bonds. The third-order valence-corrected chi connectivity index (χ3v) is 2.82. The van der Waals surface area contributed by atoms with Gasteiger partial charge in [-0.25, -0.2) is 0 Å². The first-order chi connectivity index (χ1) is 7.15. The van der Waals surface area contributed by atoms with Crippen LogP contribution in [0, 0.1) is 0 Å². The van der Waals surface area contributed by atoms with Gasteiger partial charge in [0.1, 0.15) is 0 Å². The number of hydrogen-bond donors (Lipinski definition) is 2. The van der Waals surface area contributed by atoms with Crippen molar-refractivity contribution in [1.29, 1.82) is 0 Å². The first kappa shape index (κ1) is 12.8. The lowest BCUT2D eigenvalue weighted by atomic mass is 10.1. The maximum absolute atomic E-state index is 6.09. The molecule has 4 heteroatoms. The smallest absolute Gasteiger partial charge is 0.0468 e. The van der Waals surface area contributed by atoms with Crippen LogP contribution in [0.15, 0.2) is 18.2 Å². The molecule has 1 atom stereocenters. The van der Waals surface area contributed by atoms with E-state index in [-0.39, 0.29) is 6.04 Å². The second-order valence-corrected chi connectivity index (χ2v) is 4.33. The van der Waals surface area contributed by atoms with E-state index in [1.54, 1.807) is 6.07 Å². The predicted octanol–water partition coefficient (Wildman–Crippen LogP) is 2.99. The first-order valence-electron chi connectivity index (χ1n) is 5.03. The molecule has 0 spiro atoms. The molecule has 0 aromatic heterocycles. The molecule has 0 radical (unpaired) electrons. The van der Waals surface area contributed by atoms with Crippen molar-refractivity contribution in [1.82, 2.24) is 5.32 Å². The molecule has 0 bridgehead atoms. The molecule has 15 heavy (non-hydrogen) atoms. The Hall–Kier alpha value is -0.280. The average molecular weight is 247 g/mol. The van der Waals surface area contributed by atoms with Crippen molar-refractivity contribution in [2.75, 3.05) is 13.1 Å². The van der Waals surface area contributed by atoms with Gasteiger partial charge in [0.2, 0.25) is 0 Å². The van der Waals surface area contributed by atoms with Crippen LogP contribution in [0.3, 0.4) is 0 Å². The third kappa shape index (κ3) is 3.99. The highest BCUT2D eigenvalue weighted by Gasteiger charge is 2.08. The minimum atomic E-state index is 0.223. The summed E-state index contributed by atoms with van der Waals surface area (Å²) in [5, 5.41) is 4.72. The number of halogens is 2. The molecule has 0 aliphatic carbocycles. The summed E-state index contributed by atoms with van der Waals surface area (Å²) in [5.74, 6) is 0. The third-order valence-electron chi connectivity index (χ3n) is 2.26. The van der Waals surface area contributed by atoms with Crippen LogP contribution in [0.5, 0.6) is 0 Å². The minimum Gasteiger partial charge on any atom is -0.330 e. The summed E-state index contributed by atoms with van der Waals surface area (Å²) < 4.78 is 0. The fourth-order valence-corrected chi connectivity index (χ4v) is 1.96.